The largest absolute Gasteiger partial charge is 0.493 e. The Morgan fingerprint density at radius 1 is 1.03 bits per heavy atom. The van der Waals surface area contributed by atoms with Crippen LogP contribution < -0.4 is 9.47 Å². The van der Waals surface area contributed by atoms with Gasteiger partial charge in [0.05, 0.1) is 19.1 Å². The highest BCUT2D eigenvalue weighted by Gasteiger charge is 2.28. The summed E-state index contributed by atoms with van der Waals surface area (Å²) in [6, 6.07) is 8.82. The molecule has 0 radical (unpaired) electrons. The van der Waals surface area contributed by atoms with Crippen molar-refractivity contribution in [2.24, 2.45) is 0 Å². The number of ether oxygens (including phenoxy) is 2. The van der Waals surface area contributed by atoms with Crippen molar-refractivity contribution < 1.29 is 19.2 Å². The third kappa shape index (κ3) is 4.38. The quantitative estimate of drug-likeness (QED) is 0.534. The standard InChI is InChI=1S/C22H27N3O5/c1-15-6-5-7-18(21(15)25(27)28)22(26)24-10-8-23(9-11-24)14-17-13-20(30-4)19(29-3)12-16(17)2/h5-7,12-13H,8-11,14H2,1-4H3. The fourth-order valence-corrected chi connectivity index (χ4v) is 3.79. The number of benzene rings is 2. The first-order chi connectivity index (χ1) is 14.3. The zero-order chi connectivity index (χ0) is 21.8. The first kappa shape index (κ1) is 21.6. The van der Waals surface area contributed by atoms with Crippen molar-refractivity contribution in [3.63, 3.8) is 0 Å². The molecule has 0 N–H and O–H groups in total. The average Bonchev–Trinajstić information content (AvgIpc) is 2.74. The van der Waals surface area contributed by atoms with Crippen LogP contribution in [0.4, 0.5) is 5.69 Å². The van der Waals surface area contributed by atoms with Crippen molar-refractivity contribution in [3.05, 3.63) is 62.7 Å². The summed E-state index contributed by atoms with van der Waals surface area (Å²) >= 11 is 0. The minimum Gasteiger partial charge on any atom is -0.493 e. The number of nitro groups is 1. The van der Waals surface area contributed by atoms with E-state index in [1.165, 1.54) is 6.07 Å². The number of nitrogens with zero attached hydrogens (tertiary/aromatic N) is 3. The van der Waals surface area contributed by atoms with Crippen LogP contribution in [0.5, 0.6) is 11.5 Å². The Hall–Kier alpha value is -3.13. The number of piperazine rings is 1. The number of methoxy groups -OCH3 is 2. The normalized spacial score (nSPS) is 14.5. The van der Waals surface area contributed by atoms with Crippen LogP contribution in [0.3, 0.4) is 0 Å². The maximum atomic E-state index is 12.9. The maximum Gasteiger partial charge on any atom is 0.285 e. The molecule has 8 nitrogen and oxygen atoms in total. The van der Waals surface area contributed by atoms with E-state index in [4.69, 9.17) is 9.47 Å². The van der Waals surface area contributed by atoms with Gasteiger partial charge in [-0.25, -0.2) is 0 Å². The molecular formula is C22H27N3O5. The molecular weight excluding hydrogens is 386 g/mol. The van der Waals surface area contributed by atoms with Crippen LogP contribution in [0.2, 0.25) is 0 Å². The Bertz CT molecular complexity index is 952. The number of para-hydroxylation sites is 1. The second kappa shape index (κ2) is 9.13. The van der Waals surface area contributed by atoms with Crippen molar-refractivity contribution >= 4 is 11.6 Å². The number of carbonyl (C=O) groups excluding carboxylic acids is 1. The number of rotatable bonds is 6. The van der Waals surface area contributed by atoms with Gasteiger partial charge in [0.2, 0.25) is 0 Å². The summed E-state index contributed by atoms with van der Waals surface area (Å²) in [7, 11) is 3.23. The van der Waals surface area contributed by atoms with Crippen molar-refractivity contribution in [1.82, 2.24) is 9.80 Å². The average molecular weight is 413 g/mol. The van der Waals surface area contributed by atoms with Gasteiger partial charge in [0.25, 0.3) is 11.6 Å². The number of hydrogen-bond donors (Lipinski definition) is 0. The Labute approximate surface area is 176 Å². The smallest absolute Gasteiger partial charge is 0.285 e. The van der Waals surface area contributed by atoms with Crippen molar-refractivity contribution in [2.45, 2.75) is 20.4 Å². The molecule has 160 valence electrons. The third-order valence-electron chi connectivity index (χ3n) is 5.55. The molecule has 1 amide bonds. The highest BCUT2D eigenvalue weighted by molar-refractivity contribution is 5.98. The van der Waals surface area contributed by atoms with E-state index in [1.807, 2.05) is 19.1 Å². The van der Waals surface area contributed by atoms with Gasteiger partial charge in [-0.1, -0.05) is 12.1 Å². The van der Waals surface area contributed by atoms with E-state index in [9.17, 15) is 14.9 Å². The lowest BCUT2D eigenvalue weighted by molar-refractivity contribution is -0.385. The fourth-order valence-electron chi connectivity index (χ4n) is 3.79. The van der Waals surface area contributed by atoms with Gasteiger partial charge in [-0.15, -0.1) is 0 Å². The molecule has 1 saturated heterocycles. The second-order valence-corrected chi connectivity index (χ2v) is 7.43. The molecule has 0 saturated carbocycles. The van der Waals surface area contributed by atoms with E-state index >= 15 is 0 Å². The van der Waals surface area contributed by atoms with Crippen LogP contribution in [0, 0.1) is 24.0 Å². The fraction of sp³-hybridized carbons (Fsp3) is 0.409. The molecule has 0 unspecified atom stereocenters. The zero-order valence-electron chi connectivity index (χ0n) is 17.8. The zero-order valence-corrected chi connectivity index (χ0v) is 17.8. The van der Waals surface area contributed by atoms with Crippen LogP contribution in [0.25, 0.3) is 0 Å². The summed E-state index contributed by atoms with van der Waals surface area (Å²) in [5, 5.41) is 11.4. The van der Waals surface area contributed by atoms with E-state index in [2.05, 4.69) is 4.90 Å². The number of carbonyl (C=O) groups is 1. The minimum atomic E-state index is -0.474. The topological polar surface area (TPSA) is 85.2 Å². The number of aryl methyl sites for hydroxylation is 2. The molecule has 1 aliphatic rings. The molecule has 8 heteroatoms. The molecule has 2 aromatic carbocycles. The van der Waals surface area contributed by atoms with Gasteiger partial charge in [-0.2, -0.15) is 0 Å². The van der Waals surface area contributed by atoms with E-state index in [0.717, 1.165) is 17.7 Å². The van der Waals surface area contributed by atoms with Crippen LogP contribution >= 0.6 is 0 Å². The Kier molecular flexibility index (Phi) is 6.56. The van der Waals surface area contributed by atoms with Crippen LogP contribution in [0.15, 0.2) is 30.3 Å². The number of amides is 1. The first-order valence-electron chi connectivity index (χ1n) is 9.82. The molecule has 0 aliphatic carbocycles. The maximum absolute atomic E-state index is 12.9. The highest BCUT2D eigenvalue weighted by Crippen LogP contribution is 2.31. The predicted octanol–water partition coefficient (Wildman–Crippen LogP) is 3.19. The summed E-state index contributed by atoms with van der Waals surface area (Å²) in [6.45, 7) is 6.86. The summed E-state index contributed by atoms with van der Waals surface area (Å²) in [5.74, 6) is 1.11. The van der Waals surface area contributed by atoms with E-state index in [0.29, 0.717) is 43.2 Å². The predicted molar refractivity (Wildman–Crippen MR) is 113 cm³/mol. The molecule has 3 rings (SSSR count). The Balaban J connectivity index is 1.68. The third-order valence-corrected chi connectivity index (χ3v) is 5.55. The van der Waals surface area contributed by atoms with E-state index in [-0.39, 0.29) is 17.2 Å². The monoisotopic (exact) mass is 413 g/mol. The SMILES string of the molecule is COc1cc(C)c(CN2CCN(C(=O)c3cccc(C)c3[N+](=O)[O-])CC2)cc1OC. The van der Waals surface area contributed by atoms with Gasteiger partial charge in [0.1, 0.15) is 5.56 Å². The Morgan fingerprint density at radius 2 is 1.67 bits per heavy atom. The molecule has 1 heterocycles. The van der Waals surface area contributed by atoms with Crippen molar-refractivity contribution in [2.75, 3.05) is 40.4 Å². The van der Waals surface area contributed by atoms with Crippen LogP contribution in [-0.4, -0.2) is 61.0 Å². The molecule has 0 spiro atoms. The van der Waals surface area contributed by atoms with Crippen molar-refractivity contribution in [1.29, 1.82) is 0 Å². The van der Waals surface area contributed by atoms with Gasteiger partial charge in [-0.3, -0.25) is 19.8 Å². The lowest BCUT2D eigenvalue weighted by atomic mass is 10.1. The Morgan fingerprint density at radius 3 is 2.27 bits per heavy atom. The van der Waals surface area contributed by atoms with Gasteiger partial charge in [0, 0.05) is 38.3 Å². The molecule has 0 aromatic heterocycles. The minimum absolute atomic E-state index is 0.106. The molecule has 0 atom stereocenters. The summed E-state index contributed by atoms with van der Waals surface area (Å²) in [5.41, 5.74) is 2.80. The van der Waals surface area contributed by atoms with E-state index < -0.39 is 4.92 Å². The van der Waals surface area contributed by atoms with Crippen LogP contribution in [0.1, 0.15) is 27.0 Å². The van der Waals surface area contributed by atoms with Crippen LogP contribution in [-0.2, 0) is 6.54 Å². The summed E-state index contributed by atoms with van der Waals surface area (Å²) in [6.07, 6.45) is 0. The molecule has 30 heavy (non-hydrogen) atoms. The molecule has 1 aliphatic heterocycles. The number of hydrogen-bond acceptors (Lipinski definition) is 6. The van der Waals surface area contributed by atoms with Crippen molar-refractivity contribution in [3.8, 4) is 11.5 Å². The van der Waals surface area contributed by atoms with Gasteiger partial charge >= 0.3 is 0 Å². The summed E-state index contributed by atoms with van der Waals surface area (Å²) < 4.78 is 10.8. The lowest BCUT2D eigenvalue weighted by Crippen LogP contribution is -2.48. The highest BCUT2D eigenvalue weighted by atomic mass is 16.6. The molecule has 2 aromatic rings. The van der Waals surface area contributed by atoms with E-state index in [1.54, 1.807) is 38.2 Å². The first-order valence-corrected chi connectivity index (χ1v) is 9.82. The van der Waals surface area contributed by atoms with Gasteiger partial charge in [0.15, 0.2) is 11.5 Å². The van der Waals surface area contributed by atoms with Gasteiger partial charge in [-0.05, 0) is 43.2 Å². The molecule has 1 fully saturated rings. The second-order valence-electron chi connectivity index (χ2n) is 7.43. The van der Waals surface area contributed by atoms with Gasteiger partial charge < -0.3 is 14.4 Å². The number of nitro benzene ring substituents is 1. The lowest BCUT2D eigenvalue weighted by Gasteiger charge is -2.35. The summed E-state index contributed by atoms with van der Waals surface area (Å²) in [4.78, 5) is 27.8. The molecule has 0 bridgehead atoms.